The Morgan fingerprint density at radius 3 is 2.61 bits per heavy atom. The first-order valence-corrected chi connectivity index (χ1v) is 11.7. The summed E-state index contributed by atoms with van der Waals surface area (Å²) in [7, 11) is 0. The number of halogens is 1. The molecule has 158 valence electrons. The highest BCUT2D eigenvalue weighted by atomic mass is 35.5. The molecule has 0 N–H and O–H groups in total. The maximum atomic E-state index is 12.3. The average Bonchev–Trinajstić information content (AvgIpc) is 3.26. The Balaban J connectivity index is 1.93. The largest absolute Gasteiger partial charge is 0.463 e. The van der Waals surface area contributed by atoms with E-state index in [-0.39, 0.29) is 24.1 Å². The molecule has 0 unspecified atom stereocenters. The summed E-state index contributed by atoms with van der Waals surface area (Å²) in [6.45, 7) is 3.46. The first kappa shape index (κ1) is 23.0. The number of nitriles is 1. The van der Waals surface area contributed by atoms with Crippen molar-refractivity contribution in [3.63, 3.8) is 0 Å². The summed E-state index contributed by atoms with van der Waals surface area (Å²) in [5.74, 6) is -0.817. The summed E-state index contributed by atoms with van der Waals surface area (Å²) in [5, 5.41) is 12.9. The molecule has 0 atom stereocenters. The van der Waals surface area contributed by atoms with Crippen LogP contribution in [0, 0.1) is 11.3 Å². The van der Waals surface area contributed by atoms with Gasteiger partial charge in [-0.1, -0.05) is 41.6 Å². The maximum Gasteiger partial charge on any atom is 0.313 e. The van der Waals surface area contributed by atoms with Crippen LogP contribution in [-0.2, 0) is 14.3 Å². The van der Waals surface area contributed by atoms with Gasteiger partial charge in [0.1, 0.15) is 17.5 Å². The number of rotatable bonds is 8. The molecule has 0 aliphatic rings. The number of thioether (sulfide) groups is 1. The fourth-order valence-electron chi connectivity index (χ4n) is 2.81. The molecule has 0 saturated heterocycles. The second-order valence-corrected chi connectivity index (χ2v) is 9.22. The van der Waals surface area contributed by atoms with Gasteiger partial charge in [-0.05, 0) is 49.1 Å². The second kappa shape index (κ2) is 10.6. The van der Waals surface area contributed by atoms with Gasteiger partial charge in [-0.3, -0.25) is 9.59 Å². The topological polar surface area (TPSA) is 80.1 Å². The molecule has 0 aliphatic carbocycles. The van der Waals surface area contributed by atoms with Crippen LogP contribution in [0.4, 0.5) is 0 Å². The minimum Gasteiger partial charge on any atom is -0.463 e. The quantitative estimate of drug-likeness (QED) is 0.228. The number of aromatic nitrogens is 1. The van der Waals surface area contributed by atoms with Crippen molar-refractivity contribution in [1.82, 2.24) is 4.98 Å². The Labute approximate surface area is 194 Å². The van der Waals surface area contributed by atoms with Gasteiger partial charge in [0, 0.05) is 10.6 Å². The number of benzene rings is 1. The highest BCUT2D eigenvalue weighted by molar-refractivity contribution is 8.00. The highest BCUT2D eigenvalue weighted by Crippen LogP contribution is 2.35. The SMILES string of the molecule is CC(C)OC(=O)CC(=O)CSc1nc(-c2cccs2)cc(-c2ccc(Cl)cc2)c1C#N. The second-order valence-electron chi connectivity index (χ2n) is 6.87. The Hall–Kier alpha value is -2.66. The Morgan fingerprint density at radius 2 is 2.00 bits per heavy atom. The van der Waals surface area contributed by atoms with Crippen LogP contribution < -0.4 is 0 Å². The average molecular weight is 471 g/mol. The third-order valence-corrected chi connectivity index (χ3v) is 6.28. The number of thiophene rings is 1. The van der Waals surface area contributed by atoms with E-state index >= 15 is 0 Å². The van der Waals surface area contributed by atoms with Gasteiger partial charge in [-0.2, -0.15) is 5.26 Å². The van der Waals surface area contributed by atoms with Crippen LogP contribution >= 0.6 is 34.7 Å². The van der Waals surface area contributed by atoms with Crippen molar-refractivity contribution in [3.8, 4) is 27.8 Å². The molecule has 0 fully saturated rings. The van der Waals surface area contributed by atoms with E-state index in [1.807, 2.05) is 35.7 Å². The third-order valence-electron chi connectivity index (χ3n) is 4.11. The molecule has 0 spiro atoms. The van der Waals surface area contributed by atoms with E-state index in [4.69, 9.17) is 16.3 Å². The molecule has 31 heavy (non-hydrogen) atoms. The molecule has 0 amide bonds. The standard InChI is InChI=1S/C23H19ClN2O3S2/c1-14(2)29-22(28)10-17(27)13-31-23-19(12-25)18(15-5-7-16(24)8-6-15)11-20(26-23)21-4-3-9-30-21/h3-9,11,14H,10,13H2,1-2H3. The van der Waals surface area contributed by atoms with Crippen LogP contribution in [0.2, 0.25) is 5.02 Å². The van der Waals surface area contributed by atoms with Crippen LogP contribution in [0.15, 0.2) is 52.9 Å². The number of hydrogen-bond acceptors (Lipinski definition) is 7. The van der Waals surface area contributed by atoms with E-state index in [2.05, 4.69) is 11.1 Å². The normalized spacial score (nSPS) is 10.7. The fraction of sp³-hybridized carbons (Fsp3) is 0.217. The van der Waals surface area contributed by atoms with Gasteiger partial charge >= 0.3 is 5.97 Å². The molecule has 5 nitrogen and oxygen atoms in total. The van der Waals surface area contributed by atoms with Gasteiger partial charge in [0.2, 0.25) is 0 Å². The van der Waals surface area contributed by atoms with Crippen LogP contribution in [0.3, 0.4) is 0 Å². The smallest absolute Gasteiger partial charge is 0.313 e. The van der Waals surface area contributed by atoms with E-state index in [9.17, 15) is 14.9 Å². The maximum absolute atomic E-state index is 12.3. The molecule has 2 aromatic heterocycles. The molecule has 0 bridgehead atoms. The number of carbonyl (C=O) groups is 2. The lowest BCUT2D eigenvalue weighted by molar-refractivity contribution is -0.149. The number of carbonyl (C=O) groups excluding carboxylic acids is 2. The van der Waals surface area contributed by atoms with Gasteiger partial charge in [-0.15, -0.1) is 11.3 Å². The Morgan fingerprint density at radius 1 is 1.26 bits per heavy atom. The molecule has 1 aromatic carbocycles. The highest BCUT2D eigenvalue weighted by Gasteiger charge is 2.19. The lowest BCUT2D eigenvalue weighted by Crippen LogP contribution is -2.16. The van der Waals surface area contributed by atoms with E-state index in [0.717, 1.165) is 22.2 Å². The van der Waals surface area contributed by atoms with E-state index < -0.39 is 5.97 Å². The minimum absolute atomic E-state index is 0.0167. The van der Waals surface area contributed by atoms with Crippen molar-refractivity contribution in [2.24, 2.45) is 0 Å². The molecule has 2 heterocycles. The minimum atomic E-state index is -0.553. The Kier molecular flexibility index (Phi) is 7.85. The molecule has 0 radical (unpaired) electrons. The van der Waals surface area contributed by atoms with Crippen LogP contribution in [0.5, 0.6) is 0 Å². The van der Waals surface area contributed by atoms with Crippen LogP contribution in [-0.4, -0.2) is 28.6 Å². The van der Waals surface area contributed by atoms with Gasteiger partial charge in [0.25, 0.3) is 0 Å². The summed E-state index contributed by atoms with van der Waals surface area (Å²) >= 11 is 8.71. The fourth-order valence-corrected chi connectivity index (χ4v) is 4.48. The van der Waals surface area contributed by atoms with Crippen molar-refractivity contribution >= 4 is 46.5 Å². The summed E-state index contributed by atoms with van der Waals surface area (Å²) < 4.78 is 5.03. The van der Waals surface area contributed by atoms with E-state index in [1.54, 1.807) is 26.0 Å². The summed E-state index contributed by atoms with van der Waals surface area (Å²) in [5.41, 5.74) is 2.64. The van der Waals surface area contributed by atoms with Gasteiger partial charge < -0.3 is 4.74 Å². The number of esters is 1. The van der Waals surface area contributed by atoms with Gasteiger partial charge in [0.15, 0.2) is 5.78 Å². The number of nitrogens with zero attached hydrogens (tertiary/aromatic N) is 2. The van der Waals surface area contributed by atoms with E-state index in [1.165, 1.54) is 11.3 Å². The van der Waals surface area contributed by atoms with Crippen molar-refractivity contribution in [2.75, 3.05) is 5.75 Å². The lowest BCUT2D eigenvalue weighted by atomic mass is 10.0. The number of Topliss-reactive ketones (excluding diaryl/α,β-unsaturated/α-hetero) is 1. The van der Waals surface area contributed by atoms with Crippen molar-refractivity contribution in [2.45, 2.75) is 31.4 Å². The van der Waals surface area contributed by atoms with E-state index in [0.29, 0.717) is 26.9 Å². The number of pyridine rings is 1. The zero-order chi connectivity index (χ0) is 22.4. The van der Waals surface area contributed by atoms with Crippen molar-refractivity contribution < 1.29 is 14.3 Å². The molecule has 3 aromatic rings. The molecule has 0 saturated carbocycles. The molecule has 8 heteroatoms. The number of ketones is 1. The first-order valence-electron chi connectivity index (χ1n) is 9.46. The molecular weight excluding hydrogens is 452 g/mol. The summed E-state index contributed by atoms with van der Waals surface area (Å²) in [6.07, 6.45) is -0.578. The zero-order valence-electron chi connectivity index (χ0n) is 16.9. The predicted molar refractivity (Wildman–Crippen MR) is 124 cm³/mol. The molecule has 3 rings (SSSR count). The van der Waals surface area contributed by atoms with Crippen molar-refractivity contribution in [3.05, 3.63) is 58.4 Å². The summed E-state index contributed by atoms with van der Waals surface area (Å²) in [4.78, 5) is 29.6. The zero-order valence-corrected chi connectivity index (χ0v) is 19.3. The molecular formula is C23H19ClN2O3S2. The van der Waals surface area contributed by atoms with Crippen molar-refractivity contribution in [1.29, 1.82) is 5.26 Å². The third kappa shape index (κ3) is 6.17. The van der Waals surface area contributed by atoms with Crippen LogP contribution in [0.1, 0.15) is 25.8 Å². The molecule has 0 aliphatic heterocycles. The van der Waals surface area contributed by atoms with Crippen LogP contribution in [0.25, 0.3) is 21.7 Å². The lowest BCUT2D eigenvalue weighted by Gasteiger charge is -2.12. The van der Waals surface area contributed by atoms with Gasteiger partial charge in [0.05, 0.1) is 28.0 Å². The first-order chi connectivity index (χ1) is 14.9. The monoisotopic (exact) mass is 470 g/mol. The predicted octanol–water partition coefficient (Wildman–Crippen LogP) is 6.01. The number of ether oxygens (including phenoxy) is 1. The Bertz CT molecular complexity index is 1120. The van der Waals surface area contributed by atoms with Gasteiger partial charge in [-0.25, -0.2) is 4.98 Å². The number of hydrogen-bond donors (Lipinski definition) is 0. The summed E-state index contributed by atoms with van der Waals surface area (Å²) in [6, 6.07) is 15.2.